The van der Waals surface area contributed by atoms with Gasteiger partial charge in [0, 0.05) is 43.4 Å². The highest BCUT2D eigenvalue weighted by Gasteiger charge is 2.38. The quantitative estimate of drug-likeness (QED) is 0.258. The predicted molar refractivity (Wildman–Crippen MR) is 154 cm³/mol. The highest BCUT2D eigenvalue weighted by Crippen LogP contribution is 2.35. The number of para-hydroxylation sites is 1. The van der Waals surface area contributed by atoms with E-state index in [1.807, 2.05) is 69.6 Å². The zero-order valence-electron chi connectivity index (χ0n) is 23.5. The van der Waals surface area contributed by atoms with E-state index in [1.165, 1.54) is 6.07 Å². The van der Waals surface area contributed by atoms with Gasteiger partial charge in [0.05, 0.1) is 30.2 Å². The minimum Gasteiger partial charge on any atom is -0.468 e. The molecule has 1 fully saturated rings. The van der Waals surface area contributed by atoms with Crippen LogP contribution in [-0.2, 0) is 7.05 Å². The van der Waals surface area contributed by atoms with Crippen molar-refractivity contribution in [2.45, 2.75) is 31.8 Å². The lowest BCUT2D eigenvalue weighted by Crippen LogP contribution is -2.42. The number of likely N-dealkylation sites (tertiary alicyclic amines) is 1. The number of rotatable bonds is 7. The second-order valence-corrected chi connectivity index (χ2v) is 10.6. The van der Waals surface area contributed by atoms with Gasteiger partial charge in [-0.2, -0.15) is 10.2 Å². The molecule has 4 heterocycles. The Morgan fingerprint density at radius 3 is 2.57 bits per heavy atom. The molecule has 0 aliphatic carbocycles. The average molecular weight is 572 g/mol. The molecule has 1 saturated heterocycles. The SMILES string of the molecule is Cc1c(-c2cnn(C)c2)nn(-c2ccccc2)c1NC(=O)N[C@@H]1CN(C(C)c2ccco2)C[C@H]1c1ccc(F)c(F)c1. The Hall–Kier alpha value is -4.77. The van der Waals surface area contributed by atoms with Crippen LogP contribution in [0.2, 0.25) is 0 Å². The van der Waals surface area contributed by atoms with E-state index >= 15 is 0 Å². The highest BCUT2D eigenvalue weighted by molar-refractivity contribution is 5.91. The maximum atomic E-state index is 14.3. The summed E-state index contributed by atoms with van der Waals surface area (Å²) in [7, 11) is 1.83. The molecule has 9 nitrogen and oxygen atoms in total. The van der Waals surface area contributed by atoms with E-state index < -0.39 is 23.7 Å². The Bertz CT molecular complexity index is 1700. The third kappa shape index (κ3) is 5.30. The average Bonchev–Trinajstić information content (AvgIpc) is 3.79. The molecule has 0 saturated carbocycles. The zero-order chi connectivity index (χ0) is 29.4. The fraction of sp³-hybridized carbons (Fsp3) is 0.258. The van der Waals surface area contributed by atoms with Crippen molar-refractivity contribution in [1.82, 2.24) is 29.8 Å². The van der Waals surface area contributed by atoms with Gasteiger partial charge in [0.25, 0.3) is 0 Å². The molecule has 0 bridgehead atoms. The van der Waals surface area contributed by atoms with Gasteiger partial charge < -0.3 is 9.73 Å². The first-order chi connectivity index (χ1) is 20.3. The fourth-order valence-electron chi connectivity index (χ4n) is 5.61. The molecular formula is C31H31F2N7O2. The number of halogens is 2. The smallest absolute Gasteiger partial charge is 0.320 e. The Morgan fingerprint density at radius 2 is 1.88 bits per heavy atom. The van der Waals surface area contributed by atoms with Crippen LogP contribution in [0.1, 0.15) is 35.8 Å². The molecule has 0 radical (unpaired) electrons. The van der Waals surface area contributed by atoms with Crippen LogP contribution in [0.5, 0.6) is 0 Å². The van der Waals surface area contributed by atoms with E-state index in [0.29, 0.717) is 30.2 Å². The van der Waals surface area contributed by atoms with Crippen molar-refractivity contribution in [3.8, 4) is 16.9 Å². The summed E-state index contributed by atoms with van der Waals surface area (Å²) >= 11 is 0. The number of hydrogen-bond acceptors (Lipinski definition) is 5. The molecular weight excluding hydrogens is 540 g/mol. The largest absolute Gasteiger partial charge is 0.468 e. The molecule has 3 atom stereocenters. The molecule has 42 heavy (non-hydrogen) atoms. The number of anilines is 1. The lowest BCUT2D eigenvalue weighted by atomic mass is 9.94. The third-order valence-corrected chi connectivity index (χ3v) is 7.87. The number of carbonyl (C=O) groups excluding carboxylic acids is 1. The van der Waals surface area contributed by atoms with Crippen molar-refractivity contribution in [2.75, 3.05) is 18.4 Å². The molecule has 5 aromatic rings. The molecule has 3 aromatic heterocycles. The van der Waals surface area contributed by atoms with Gasteiger partial charge in [0.2, 0.25) is 0 Å². The van der Waals surface area contributed by atoms with Crippen molar-refractivity contribution in [1.29, 1.82) is 0 Å². The minimum absolute atomic E-state index is 0.0774. The van der Waals surface area contributed by atoms with E-state index in [9.17, 15) is 13.6 Å². The number of nitrogens with one attached hydrogen (secondary N) is 2. The molecule has 2 N–H and O–H groups in total. The first-order valence-corrected chi connectivity index (χ1v) is 13.7. The monoisotopic (exact) mass is 571 g/mol. The standard InChI is InChI=1S/C31H31F2N7O2/c1-19-29(22-15-34-38(3)16-22)37-40(23-8-5-4-6-9-23)30(19)36-31(41)35-27-18-39(20(2)28-10-7-13-42-28)17-24(27)21-11-12-25(32)26(33)14-21/h4-16,20,24,27H,17-18H2,1-3H3,(H2,35,36,41)/t20?,24-,27+/m0/s1. The normalized spacial score (nSPS) is 17.8. The van der Waals surface area contributed by atoms with Crippen LogP contribution in [0.3, 0.4) is 0 Å². The van der Waals surface area contributed by atoms with Gasteiger partial charge in [-0.1, -0.05) is 24.3 Å². The minimum atomic E-state index is -0.918. The van der Waals surface area contributed by atoms with E-state index in [1.54, 1.807) is 27.9 Å². The lowest BCUT2D eigenvalue weighted by Gasteiger charge is -2.22. The van der Waals surface area contributed by atoms with Crippen molar-refractivity contribution in [3.05, 3.63) is 108 Å². The zero-order valence-corrected chi connectivity index (χ0v) is 23.5. The number of aryl methyl sites for hydroxylation is 1. The summed E-state index contributed by atoms with van der Waals surface area (Å²) in [5.41, 5.74) is 3.69. The van der Waals surface area contributed by atoms with Crippen LogP contribution >= 0.6 is 0 Å². The second kappa shape index (κ2) is 11.2. The summed E-state index contributed by atoms with van der Waals surface area (Å²) in [5, 5.41) is 15.2. The van der Waals surface area contributed by atoms with Gasteiger partial charge in [-0.25, -0.2) is 18.3 Å². The van der Waals surface area contributed by atoms with Crippen molar-refractivity contribution in [3.63, 3.8) is 0 Å². The Labute approximate surface area is 241 Å². The molecule has 0 spiro atoms. The second-order valence-electron chi connectivity index (χ2n) is 10.6. The molecule has 11 heteroatoms. The summed E-state index contributed by atoms with van der Waals surface area (Å²) in [6.45, 7) is 4.92. The molecule has 1 unspecified atom stereocenters. The first kappa shape index (κ1) is 27.4. The lowest BCUT2D eigenvalue weighted by molar-refractivity contribution is 0.222. The maximum absolute atomic E-state index is 14.3. The van der Waals surface area contributed by atoms with Crippen molar-refractivity contribution >= 4 is 11.8 Å². The van der Waals surface area contributed by atoms with Crippen molar-refractivity contribution < 1.29 is 18.0 Å². The fourth-order valence-corrected chi connectivity index (χ4v) is 5.61. The Kier molecular flexibility index (Phi) is 7.34. The number of furan rings is 1. The Morgan fingerprint density at radius 1 is 1.07 bits per heavy atom. The number of amides is 2. The number of benzene rings is 2. The van der Waals surface area contributed by atoms with Crippen LogP contribution < -0.4 is 10.6 Å². The van der Waals surface area contributed by atoms with E-state index in [4.69, 9.17) is 9.52 Å². The van der Waals surface area contributed by atoms with Gasteiger partial charge in [-0.3, -0.25) is 14.9 Å². The molecule has 1 aliphatic rings. The summed E-state index contributed by atoms with van der Waals surface area (Å²) < 4.78 is 37.1. The van der Waals surface area contributed by atoms with Gasteiger partial charge in [0.15, 0.2) is 11.6 Å². The third-order valence-electron chi connectivity index (χ3n) is 7.87. The first-order valence-electron chi connectivity index (χ1n) is 13.7. The predicted octanol–water partition coefficient (Wildman–Crippen LogP) is 5.80. The molecule has 1 aliphatic heterocycles. The van der Waals surface area contributed by atoms with E-state index in [0.717, 1.165) is 28.6 Å². The highest BCUT2D eigenvalue weighted by atomic mass is 19.2. The number of carbonyl (C=O) groups is 1. The molecule has 216 valence electrons. The number of nitrogens with zero attached hydrogens (tertiary/aromatic N) is 5. The summed E-state index contributed by atoms with van der Waals surface area (Å²) in [4.78, 5) is 15.8. The van der Waals surface area contributed by atoms with Gasteiger partial charge in [0.1, 0.15) is 17.3 Å². The van der Waals surface area contributed by atoms with Gasteiger partial charge in [-0.05, 0) is 55.8 Å². The molecule has 2 aromatic carbocycles. The molecule has 2 amide bonds. The summed E-state index contributed by atoms with van der Waals surface area (Å²) in [5.74, 6) is -0.808. The van der Waals surface area contributed by atoms with Crippen LogP contribution in [0.15, 0.2) is 83.7 Å². The number of urea groups is 1. The van der Waals surface area contributed by atoms with Crippen LogP contribution in [0.4, 0.5) is 19.4 Å². The van der Waals surface area contributed by atoms with Crippen LogP contribution in [-0.4, -0.2) is 49.6 Å². The van der Waals surface area contributed by atoms with E-state index in [2.05, 4.69) is 20.6 Å². The van der Waals surface area contributed by atoms with Crippen LogP contribution in [0.25, 0.3) is 16.9 Å². The summed E-state index contributed by atoms with van der Waals surface area (Å²) in [6, 6.07) is 16.3. The van der Waals surface area contributed by atoms with E-state index in [-0.39, 0.29) is 12.0 Å². The maximum Gasteiger partial charge on any atom is 0.320 e. The number of aromatic nitrogens is 4. The molecule has 6 rings (SSSR count). The van der Waals surface area contributed by atoms with Gasteiger partial charge >= 0.3 is 6.03 Å². The Balaban J connectivity index is 1.29. The number of hydrogen-bond donors (Lipinski definition) is 2. The summed E-state index contributed by atoms with van der Waals surface area (Å²) in [6.07, 6.45) is 5.22. The topological polar surface area (TPSA) is 93.2 Å². The van der Waals surface area contributed by atoms with Gasteiger partial charge in [-0.15, -0.1) is 0 Å². The van der Waals surface area contributed by atoms with Crippen molar-refractivity contribution in [2.24, 2.45) is 7.05 Å². The van der Waals surface area contributed by atoms with Crippen LogP contribution in [0, 0.1) is 18.6 Å².